The molecule has 0 aliphatic carbocycles. The van der Waals surface area contributed by atoms with Gasteiger partial charge in [0.15, 0.2) is 33.4 Å². The van der Waals surface area contributed by atoms with Crippen LogP contribution in [0.1, 0.15) is 11.4 Å². The first-order chi connectivity index (χ1) is 14.2. The minimum absolute atomic E-state index is 0.136. The normalized spacial score (nSPS) is 10.7. The minimum atomic E-state index is -0.473. The van der Waals surface area contributed by atoms with Crippen molar-refractivity contribution in [1.29, 1.82) is 0 Å². The molecule has 0 N–H and O–H groups in total. The molecule has 2 aromatic carbocycles. The number of halogens is 4. The second-order valence-electron chi connectivity index (χ2n) is 6.15. The quantitative estimate of drug-likeness (QED) is 0.401. The molecule has 0 radical (unpaired) electrons. The van der Waals surface area contributed by atoms with Crippen molar-refractivity contribution < 1.29 is 18.3 Å². The van der Waals surface area contributed by atoms with Gasteiger partial charge in [0.25, 0.3) is 0 Å². The van der Waals surface area contributed by atoms with Gasteiger partial charge in [0.1, 0.15) is 0 Å². The van der Waals surface area contributed by atoms with Crippen molar-refractivity contribution in [1.82, 2.24) is 19.9 Å². The molecule has 0 atom stereocenters. The molecule has 0 spiro atoms. The van der Waals surface area contributed by atoms with Gasteiger partial charge in [0.05, 0.1) is 47.7 Å². The van der Waals surface area contributed by atoms with Crippen molar-refractivity contribution in [3.8, 4) is 11.5 Å². The Labute approximate surface area is 180 Å². The van der Waals surface area contributed by atoms with Crippen LogP contribution in [0.15, 0.2) is 24.3 Å². The summed E-state index contributed by atoms with van der Waals surface area (Å²) in [5, 5.41) is 0.600. The average molecular weight is 453 g/mol. The van der Waals surface area contributed by atoms with Crippen LogP contribution in [0.3, 0.4) is 0 Å². The van der Waals surface area contributed by atoms with Gasteiger partial charge in [-0.15, -0.1) is 0 Å². The number of aromatic nitrogens is 4. The van der Waals surface area contributed by atoms with Gasteiger partial charge in [0.2, 0.25) is 0 Å². The Morgan fingerprint density at radius 2 is 0.967 bits per heavy atom. The number of hydrogen-bond acceptors (Lipinski definition) is 6. The maximum Gasteiger partial charge on any atom is 0.167 e. The predicted octanol–water partition coefficient (Wildman–Crippen LogP) is 5.48. The Kier molecular flexibility index (Phi) is 6.48. The summed E-state index contributed by atoms with van der Waals surface area (Å²) in [7, 11) is 2.80. The van der Waals surface area contributed by atoms with Crippen molar-refractivity contribution >= 4 is 45.3 Å². The zero-order chi connectivity index (χ0) is 22.0. The second-order valence-corrected chi connectivity index (χ2v) is 6.87. The fraction of sp³-hybridized carbons (Fsp3) is 0.200. The Hall–Kier alpha value is -2.84. The molecule has 30 heavy (non-hydrogen) atoms. The van der Waals surface area contributed by atoms with Crippen LogP contribution in [0.4, 0.5) is 8.78 Å². The highest BCUT2D eigenvalue weighted by Crippen LogP contribution is 2.25. The van der Waals surface area contributed by atoms with Crippen LogP contribution in [-0.4, -0.2) is 34.2 Å². The summed E-state index contributed by atoms with van der Waals surface area (Å²) in [6.07, 6.45) is 0. The van der Waals surface area contributed by atoms with Crippen LogP contribution in [0, 0.1) is 25.5 Å². The van der Waals surface area contributed by atoms with E-state index in [1.54, 1.807) is 13.8 Å². The third-order valence-electron chi connectivity index (χ3n) is 4.11. The first-order valence-electron chi connectivity index (χ1n) is 8.58. The van der Waals surface area contributed by atoms with E-state index in [-0.39, 0.29) is 16.7 Å². The summed E-state index contributed by atoms with van der Waals surface area (Å²) in [6.45, 7) is 3.46. The Morgan fingerprint density at radius 1 is 0.633 bits per heavy atom. The molecule has 4 aromatic rings. The predicted molar refractivity (Wildman–Crippen MR) is 112 cm³/mol. The molecule has 2 heterocycles. The van der Waals surface area contributed by atoms with Crippen molar-refractivity contribution in [3.05, 3.63) is 57.6 Å². The highest BCUT2D eigenvalue weighted by atomic mass is 35.5. The Bertz CT molecular complexity index is 1160. The number of fused-ring (bicyclic) bond motifs is 2. The molecule has 0 unspecified atom stereocenters. The molecule has 0 aliphatic rings. The maximum atomic E-state index is 13.3. The smallest absolute Gasteiger partial charge is 0.167 e. The topological polar surface area (TPSA) is 70.0 Å². The van der Waals surface area contributed by atoms with Crippen LogP contribution < -0.4 is 9.47 Å². The fourth-order valence-electron chi connectivity index (χ4n) is 2.56. The fourth-order valence-corrected chi connectivity index (χ4v) is 2.83. The van der Waals surface area contributed by atoms with E-state index in [0.717, 1.165) is 0 Å². The van der Waals surface area contributed by atoms with Crippen LogP contribution in [0.2, 0.25) is 10.3 Å². The van der Waals surface area contributed by atoms with Crippen LogP contribution in [0.25, 0.3) is 22.1 Å². The number of rotatable bonds is 2. The average Bonchev–Trinajstić information content (AvgIpc) is 2.70. The van der Waals surface area contributed by atoms with E-state index >= 15 is 0 Å². The van der Waals surface area contributed by atoms with E-state index < -0.39 is 11.6 Å². The lowest BCUT2D eigenvalue weighted by atomic mass is 10.2. The number of hydrogen-bond donors (Lipinski definition) is 0. The SMILES string of the molecule is COc1cc2nc(C)c(Cl)nc2cc1F.COc1cc2nc(Cl)c(C)nc2cc1F. The van der Waals surface area contributed by atoms with Gasteiger partial charge < -0.3 is 9.47 Å². The van der Waals surface area contributed by atoms with Crippen LogP contribution in [0.5, 0.6) is 11.5 Å². The molecule has 0 amide bonds. The first-order valence-corrected chi connectivity index (χ1v) is 9.33. The summed E-state index contributed by atoms with van der Waals surface area (Å²) in [4.78, 5) is 16.4. The summed E-state index contributed by atoms with van der Waals surface area (Å²) >= 11 is 11.6. The molecule has 10 heteroatoms. The molecule has 0 bridgehead atoms. The van der Waals surface area contributed by atoms with Crippen molar-refractivity contribution in [2.24, 2.45) is 0 Å². The van der Waals surface area contributed by atoms with Gasteiger partial charge in [-0.1, -0.05) is 23.2 Å². The Balaban J connectivity index is 0.000000171. The van der Waals surface area contributed by atoms with Crippen molar-refractivity contribution in [2.75, 3.05) is 14.2 Å². The van der Waals surface area contributed by atoms with E-state index in [2.05, 4.69) is 19.9 Å². The van der Waals surface area contributed by atoms with Gasteiger partial charge in [-0.2, -0.15) is 0 Å². The lowest BCUT2D eigenvalue weighted by Crippen LogP contribution is -1.94. The molecule has 2 aromatic heterocycles. The molecular weight excluding hydrogens is 437 g/mol. The summed E-state index contributed by atoms with van der Waals surface area (Å²) in [5.74, 6) is -0.643. The molecule has 0 aliphatic heterocycles. The zero-order valence-electron chi connectivity index (χ0n) is 16.4. The van der Waals surface area contributed by atoms with Crippen LogP contribution >= 0.6 is 23.2 Å². The largest absolute Gasteiger partial charge is 0.494 e. The van der Waals surface area contributed by atoms with Gasteiger partial charge in [-0.25, -0.2) is 28.7 Å². The van der Waals surface area contributed by atoms with Gasteiger partial charge in [-0.3, -0.25) is 0 Å². The lowest BCUT2D eigenvalue weighted by Gasteiger charge is -2.04. The Morgan fingerprint density at radius 3 is 1.37 bits per heavy atom. The highest BCUT2D eigenvalue weighted by Gasteiger charge is 2.10. The van der Waals surface area contributed by atoms with E-state index in [1.165, 1.54) is 38.5 Å². The van der Waals surface area contributed by atoms with E-state index in [0.29, 0.717) is 38.6 Å². The molecule has 156 valence electrons. The van der Waals surface area contributed by atoms with Crippen LogP contribution in [-0.2, 0) is 0 Å². The van der Waals surface area contributed by atoms with Gasteiger partial charge in [0, 0.05) is 24.3 Å². The number of ether oxygens (including phenoxy) is 2. The van der Waals surface area contributed by atoms with Crippen molar-refractivity contribution in [2.45, 2.75) is 13.8 Å². The number of aryl methyl sites for hydroxylation is 2. The molecule has 0 saturated heterocycles. The standard InChI is InChI=1S/2C10H8ClFN2O/c1-5-10(11)14-7-3-6(12)9(15-2)4-8(7)13-5;1-5-10(11)14-8-4-9(15-2)6(12)3-7(8)13-5/h2*3-4H,1-2H3. The number of benzene rings is 2. The van der Waals surface area contributed by atoms with E-state index in [1.807, 2.05) is 0 Å². The lowest BCUT2D eigenvalue weighted by molar-refractivity contribution is 0.387. The highest BCUT2D eigenvalue weighted by molar-refractivity contribution is 6.30. The van der Waals surface area contributed by atoms with E-state index in [9.17, 15) is 8.78 Å². The monoisotopic (exact) mass is 452 g/mol. The second kappa shape index (κ2) is 8.89. The van der Waals surface area contributed by atoms with E-state index in [4.69, 9.17) is 32.7 Å². The molecule has 0 fully saturated rings. The molecule has 4 rings (SSSR count). The summed E-state index contributed by atoms with van der Waals surface area (Å²) in [5.41, 5.74) is 3.16. The van der Waals surface area contributed by atoms with Crippen molar-refractivity contribution in [3.63, 3.8) is 0 Å². The number of methoxy groups -OCH3 is 2. The summed E-state index contributed by atoms with van der Waals surface area (Å²) in [6, 6.07) is 5.51. The van der Waals surface area contributed by atoms with Gasteiger partial charge >= 0.3 is 0 Å². The third kappa shape index (κ3) is 4.49. The maximum absolute atomic E-state index is 13.3. The molecule has 0 saturated carbocycles. The summed E-state index contributed by atoms with van der Waals surface area (Å²) < 4.78 is 36.3. The van der Waals surface area contributed by atoms with Gasteiger partial charge in [-0.05, 0) is 13.8 Å². The minimum Gasteiger partial charge on any atom is -0.494 e. The molecular formula is C20H16Cl2F2N4O2. The number of nitrogens with zero attached hydrogens (tertiary/aromatic N) is 4. The third-order valence-corrected chi connectivity index (χ3v) is 4.82. The first kappa shape index (κ1) is 21.9. The molecule has 6 nitrogen and oxygen atoms in total. The zero-order valence-corrected chi connectivity index (χ0v) is 17.9.